The first-order valence-corrected chi connectivity index (χ1v) is 13.6. The predicted octanol–water partition coefficient (Wildman–Crippen LogP) is 4.55. The SMILES string of the molecule is C[C@@H](NC(=O)c1cccc(C2CCN(CCS(C)(=O)=O)CC2)c1)c1cccc2ccccc12. The average Bonchev–Trinajstić information content (AvgIpc) is 2.82. The summed E-state index contributed by atoms with van der Waals surface area (Å²) in [7, 11) is -2.93. The molecule has 1 N–H and O–H groups in total. The number of fused-ring (bicyclic) bond motifs is 1. The smallest absolute Gasteiger partial charge is 0.251 e. The maximum Gasteiger partial charge on any atom is 0.251 e. The molecule has 0 aromatic heterocycles. The molecule has 5 nitrogen and oxygen atoms in total. The number of benzene rings is 3. The summed E-state index contributed by atoms with van der Waals surface area (Å²) < 4.78 is 22.9. The standard InChI is InChI=1S/C27H32N2O3S/c1-20(25-12-6-8-22-7-3-4-11-26(22)25)28-27(30)24-10-5-9-23(19-24)21-13-15-29(16-14-21)17-18-33(2,31)32/h3-12,19-21H,13-18H2,1-2H3,(H,28,30)/t20-/m1/s1. The van der Waals surface area contributed by atoms with Crippen LogP contribution in [0.3, 0.4) is 0 Å². The zero-order valence-electron chi connectivity index (χ0n) is 19.3. The van der Waals surface area contributed by atoms with Gasteiger partial charge in [0.25, 0.3) is 5.91 Å². The summed E-state index contributed by atoms with van der Waals surface area (Å²) in [6.07, 6.45) is 3.24. The number of hydrogen-bond acceptors (Lipinski definition) is 4. The summed E-state index contributed by atoms with van der Waals surface area (Å²) in [5, 5.41) is 5.49. The first-order chi connectivity index (χ1) is 15.8. The topological polar surface area (TPSA) is 66.5 Å². The van der Waals surface area contributed by atoms with Crippen molar-refractivity contribution >= 4 is 26.5 Å². The van der Waals surface area contributed by atoms with Gasteiger partial charge in [-0.25, -0.2) is 8.42 Å². The molecule has 1 aliphatic heterocycles. The van der Waals surface area contributed by atoms with Crippen molar-refractivity contribution in [3.63, 3.8) is 0 Å². The van der Waals surface area contributed by atoms with E-state index in [4.69, 9.17) is 0 Å². The number of likely N-dealkylation sites (tertiary alicyclic amines) is 1. The largest absolute Gasteiger partial charge is 0.345 e. The van der Waals surface area contributed by atoms with E-state index < -0.39 is 9.84 Å². The first kappa shape index (κ1) is 23.5. The van der Waals surface area contributed by atoms with E-state index in [-0.39, 0.29) is 17.7 Å². The molecule has 4 rings (SSSR count). The van der Waals surface area contributed by atoms with Gasteiger partial charge in [-0.05, 0) is 72.8 Å². The predicted molar refractivity (Wildman–Crippen MR) is 134 cm³/mol. The van der Waals surface area contributed by atoms with Gasteiger partial charge in [0, 0.05) is 18.4 Å². The van der Waals surface area contributed by atoms with Crippen LogP contribution in [0, 0.1) is 0 Å². The van der Waals surface area contributed by atoms with Crippen molar-refractivity contribution in [2.45, 2.75) is 31.7 Å². The monoisotopic (exact) mass is 464 g/mol. The maximum absolute atomic E-state index is 13.1. The quantitative estimate of drug-likeness (QED) is 0.557. The Morgan fingerprint density at radius 3 is 2.48 bits per heavy atom. The Labute approximate surface area is 196 Å². The van der Waals surface area contributed by atoms with Gasteiger partial charge in [-0.3, -0.25) is 4.79 Å². The van der Waals surface area contributed by atoms with Crippen LogP contribution in [-0.2, 0) is 9.84 Å². The molecule has 6 heteroatoms. The fraction of sp³-hybridized carbons (Fsp3) is 0.370. The summed E-state index contributed by atoms with van der Waals surface area (Å²) in [6, 6.07) is 22.3. The van der Waals surface area contributed by atoms with Gasteiger partial charge in [0.1, 0.15) is 9.84 Å². The lowest BCUT2D eigenvalue weighted by atomic mass is 9.88. The Morgan fingerprint density at radius 2 is 1.73 bits per heavy atom. The van der Waals surface area contributed by atoms with Gasteiger partial charge in [0.15, 0.2) is 0 Å². The Hall–Kier alpha value is -2.70. The molecule has 0 unspecified atom stereocenters. The molecule has 1 aliphatic rings. The molecule has 1 atom stereocenters. The molecule has 1 heterocycles. The van der Waals surface area contributed by atoms with E-state index in [1.807, 2.05) is 43.3 Å². The van der Waals surface area contributed by atoms with Crippen molar-refractivity contribution in [1.29, 1.82) is 0 Å². The van der Waals surface area contributed by atoms with E-state index in [0.29, 0.717) is 18.0 Å². The zero-order chi connectivity index (χ0) is 23.4. The number of sulfone groups is 1. The third-order valence-corrected chi connectivity index (χ3v) is 7.55. The molecule has 0 spiro atoms. The highest BCUT2D eigenvalue weighted by Gasteiger charge is 2.22. The van der Waals surface area contributed by atoms with E-state index in [0.717, 1.165) is 36.9 Å². The second-order valence-corrected chi connectivity index (χ2v) is 11.4. The number of amides is 1. The van der Waals surface area contributed by atoms with Gasteiger partial charge in [-0.2, -0.15) is 0 Å². The van der Waals surface area contributed by atoms with Crippen molar-refractivity contribution in [3.8, 4) is 0 Å². The molecule has 0 bridgehead atoms. The van der Waals surface area contributed by atoms with Crippen LogP contribution in [0.2, 0.25) is 0 Å². The van der Waals surface area contributed by atoms with E-state index >= 15 is 0 Å². The van der Waals surface area contributed by atoms with Gasteiger partial charge in [0.2, 0.25) is 0 Å². The normalized spacial score (nSPS) is 16.5. The van der Waals surface area contributed by atoms with E-state index in [1.165, 1.54) is 17.2 Å². The fourth-order valence-electron chi connectivity index (χ4n) is 4.70. The van der Waals surface area contributed by atoms with Crippen LogP contribution >= 0.6 is 0 Å². The minimum Gasteiger partial charge on any atom is -0.345 e. The van der Waals surface area contributed by atoms with Gasteiger partial charge < -0.3 is 10.2 Å². The molecule has 174 valence electrons. The first-order valence-electron chi connectivity index (χ1n) is 11.6. The molecule has 0 radical (unpaired) electrons. The third-order valence-electron chi connectivity index (χ3n) is 6.62. The maximum atomic E-state index is 13.1. The van der Waals surface area contributed by atoms with Gasteiger partial charge in [0.05, 0.1) is 11.8 Å². The second kappa shape index (κ2) is 10.1. The molecular weight excluding hydrogens is 432 g/mol. The Bertz CT molecular complexity index is 1230. The summed E-state index contributed by atoms with van der Waals surface area (Å²) in [4.78, 5) is 15.3. The van der Waals surface area contributed by atoms with Crippen LogP contribution < -0.4 is 5.32 Å². The molecule has 1 saturated heterocycles. The van der Waals surface area contributed by atoms with Gasteiger partial charge >= 0.3 is 0 Å². The van der Waals surface area contributed by atoms with Crippen molar-refractivity contribution in [1.82, 2.24) is 10.2 Å². The highest BCUT2D eigenvalue weighted by atomic mass is 32.2. The molecule has 1 fully saturated rings. The molecule has 3 aromatic rings. The van der Waals surface area contributed by atoms with E-state index in [1.54, 1.807) is 0 Å². The summed E-state index contributed by atoms with van der Waals surface area (Å²) >= 11 is 0. The Balaban J connectivity index is 1.40. The molecule has 0 aliphatic carbocycles. The molecule has 33 heavy (non-hydrogen) atoms. The summed E-state index contributed by atoms with van der Waals surface area (Å²) in [5.41, 5.74) is 2.97. The lowest BCUT2D eigenvalue weighted by Crippen LogP contribution is -2.36. The summed E-state index contributed by atoms with van der Waals surface area (Å²) in [5.74, 6) is 0.535. The molecule has 1 amide bonds. The van der Waals surface area contributed by atoms with E-state index in [9.17, 15) is 13.2 Å². The Kier molecular flexibility index (Phi) is 7.15. The Morgan fingerprint density at radius 1 is 1.03 bits per heavy atom. The minimum atomic E-state index is -2.93. The number of carbonyl (C=O) groups excluding carboxylic acids is 1. The highest BCUT2D eigenvalue weighted by Crippen LogP contribution is 2.29. The minimum absolute atomic E-state index is 0.0668. The molecule has 0 saturated carbocycles. The fourth-order valence-corrected chi connectivity index (χ4v) is 5.29. The second-order valence-electron chi connectivity index (χ2n) is 9.13. The number of nitrogens with one attached hydrogen (secondary N) is 1. The lowest BCUT2D eigenvalue weighted by molar-refractivity contribution is 0.0940. The van der Waals surface area contributed by atoms with Crippen molar-refractivity contribution in [3.05, 3.63) is 83.4 Å². The van der Waals surface area contributed by atoms with Crippen LogP contribution in [0.25, 0.3) is 10.8 Å². The number of piperidine rings is 1. The highest BCUT2D eigenvalue weighted by molar-refractivity contribution is 7.90. The van der Waals surface area contributed by atoms with Gasteiger partial charge in [-0.15, -0.1) is 0 Å². The van der Waals surface area contributed by atoms with Crippen LogP contribution in [0.4, 0.5) is 0 Å². The number of nitrogens with zero attached hydrogens (tertiary/aromatic N) is 1. The number of carbonyl (C=O) groups is 1. The average molecular weight is 465 g/mol. The number of hydrogen-bond donors (Lipinski definition) is 1. The van der Waals surface area contributed by atoms with Crippen LogP contribution in [-0.4, -0.2) is 50.9 Å². The number of rotatable bonds is 7. The molecular formula is C27H32N2O3S. The van der Waals surface area contributed by atoms with Crippen LogP contribution in [0.1, 0.15) is 53.2 Å². The van der Waals surface area contributed by atoms with Crippen LogP contribution in [0.15, 0.2) is 66.7 Å². The van der Waals surface area contributed by atoms with Crippen molar-refractivity contribution in [2.24, 2.45) is 0 Å². The van der Waals surface area contributed by atoms with Gasteiger partial charge in [-0.1, -0.05) is 54.6 Å². The lowest BCUT2D eigenvalue weighted by Gasteiger charge is -2.32. The van der Waals surface area contributed by atoms with Crippen molar-refractivity contribution in [2.75, 3.05) is 31.6 Å². The summed E-state index contributed by atoms with van der Waals surface area (Å²) in [6.45, 7) is 4.39. The van der Waals surface area contributed by atoms with Crippen LogP contribution in [0.5, 0.6) is 0 Å². The van der Waals surface area contributed by atoms with Crippen molar-refractivity contribution < 1.29 is 13.2 Å². The molecule has 3 aromatic carbocycles. The van der Waals surface area contributed by atoms with E-state index in [2.05, 4.69) is 40.5 Å². The third kappa shape index (κ3) is 6.01. The zero-order valence-corrected chi connectivity index (χ0v) is 20.1.